The molecule has 2 saturated heterocycles. The van der Waals surface area contributed by atoms with Crippen LogP contribution in [0.25, 0.3) is 0 Å². The third kappa shape index (κ3) is 4.53. The average Bonchev–Trinajstić information content (AvgIpc) is 3.14. The first-order valence-corrected chi connectivity index (χ1v) is 9.49. The van der Waals surface area contributed by atoms with Crippen LogP contribution >= 0.6 is 11.6 Å². The SMILES string of the molecule is Cc1cc(Cl)ccc1C(=O)N1CCCC(CNC(=O)C2CCCN2)C1. The number of amides is 2. The Hall–Kier alpha value is -1.59. The van der Waals surface area contributed by atoms with Crippen LogP contribution in [-0.2, 0) is 4.79 Å². The first-order chi connectivity index (χ1) is 12.0. The van der Waals surface area contributed by atoms with E-state index in [0.717, 1.165) is 44.3 Å². The number of aryl methyl sites for hydroxylation is 1. The predicted octanol–water partition coefficient (Wildman–Crippen LogP) is 2.37. The summed E-state index contributed by atoms with van der Waals surface area (Å²) in [4.78, 5) is 26.9. The maximum Gasteiger partial charge on any atom is 0.254 e. The van der Waals surface area contributed by atoms with Crippen molar-refractivity contribution >= 4 is 23.4 Å². The van der Waals surface area contributed by atoms with Crippen molar-refractivity contribution in [2.24, 2.45) is 5.92 Å². The standard InChI is InChI=1S/C19H26ClN3O2/c1-13-10-15(20)6-7-16(13)19(25)23-9-3-4-14(12-23)11-22-18(24)17-5-2-8-21-17/h6-7,10,14,17,21H,2-5,8-9,11-12H2,1H3,(H,22,24). The molecule has 0 aliphatic carbocycles. The van der Waals surface area contributed by atoms with E-state index in [2.05, 4.69) is 10.6 Å². The lowest BCUT2D eigenvalue weighted by Crippen LogP contribution is -2.46. The van der Waals surface area contributed by atoms with Crippen molar-refractivity contribution in [3.05, 3.63) is 34.3 Å². The number of hydrogen-bond donors (Lipinski definition) is 2. The molecule has 0 aromatic heterocycles. The fourth-order valence-corrected chi connectivity index (χ4v) is 3.96. The maximum atomic E-state index is 12.8. The summed E-state index contributed by atoms with van der Waals surface area (Å²) in [6.45, 7) is 4.94. The largest absolute Gasteiger partial charge is 0.354 e. The van der Waals surface area contributed by atoms with E-state index in [9.17, 15) is 9.59 Å². The highest BCUT2D eigenvalue weighted by molar-refractivity contribution is 6.30. The Balaban J connectivity index is 1.55. The minimum atomic E-state index is -0.0435. The third-order valence-electron chi connectivity index (χ3n) is 5.17. The number of benzene rings is 1. The summed E-state index contributed by atoms with van der Waals surface area (Å²) in [5, 5.41) is 6.92. The van der Waals surface area contributed by atoms with Crippen LogP contribution in [0.4, 0.5) is 0 Å². The Bertz CT molecular complexity index is 644. The topological polar surface area (TPSA) is 61.4 Å². The Morgan fingerprint density at radius 1 is 1.32 bits per heavy atom. The van der Waals surface area contributed by atoms with Crippen molar-refractivity contribution in [3.63, 3.8) is 0 Å². The van der Waals surface area contributed by atoms with E-state index in [-0.39, 0.29) is 17.9 Å². The highest BCUT2D eigenvalue weighted by Gasteiger charge is 2.27. The molecule has 2 N–H and O–H groups in total. The first kappa shape index (κ1) is 18.2. The van der Waals surface area contributed by atoms with E-state index in [1.807, 2.05) is 17.9 Å². The summed E-state index contributed by atoms with van der Waals surface area (Å²) < 4.78 is 0. The van der Waals surface area contributed by atoms with Gasteiger partial charge in [-0.2, -0.15) is 0 Å². The molecule has 2 atom stereocenters. The van der Waals surface area contributed by atoms with Gasteiger partial charge in [-0.05, 0) is 68.8 Å². The van der Waals surface area contributed by atoms with Gasteiger partial charge in [0.1, 0.15) is 0 Å². The van der Waals surface area contributed by atoms with Gasteiger partial charge in [-0.15, -0.1) is 0 Å². The van der Waals surface area contributed by atoms with Gasteiger partial charge in [0.05, 0.1) is 6.04 Å². The quantitative estimate of drug-likeness (QED) is 0.863. The van der Waals surface area contributed by atoms with Crippen LogP contribution in [0.1, 0.15) is 41.6 Å². The summed E-state index contributed by atoms with van der Waals surface area (Å²) in [6.07, 6.45) is 3.99. The number of piperidine rings is 1. The molecule has 5 nitrogen and oxygen atoms in total. The molecule has 2 aliphatic heterocycles. The van der Waals surface area contributed by atoms with Crippen LogP contribution in [0.2, 0.25) is 5.02 Å². The van der Waals surface area contributed by atoms with Gasteiger partial charge in [-0.25, -0.2) is 0 Å². The average molecular weight is 364 g/mol. The van der Waals surface area contributed by atoms with Crippen molar-refractivity contribution in [2.45, 2.75) is 38.6 Å². The number of rotatable bonds is 4. The molecule has 0 radical (unpaired) electrons. The van der Waals surface area contributed by atoms with Crippen molar-refractivity contribution < 1.29 is 9.59 Å². The fraction of sp³-hybridized carbons (Fsp3) is 0.579. The van der Waals surface area contributed by atoms with E-state index in [1.165, 1.54) is 0 Å². The molecule has 2 fully saturated rings. The molecule has 25 heavy (non-hydrogen) atoms. The normalized spacial score (nSPS) is 23.5. The molecule has 0 spiro atoms. The lowest BCUT2D eigenvalue weighted by molar-refractivity contribution is -0.123. The molecule has 2 amide bonds. The molecular formula is C19H26ClN3O2. The monoisotopic (exact) mass is 363 g/mol. The van der Waals surface area contributed by atoms with Gasteiger partial charge >= 0.3 is 0 Å². The molecule has 1 aromatic rings. The van der Waals surface area contributed by atoms with Crippen molar-refractivity contribution in [3.8, 4) is 0 Å². The molecule has 136 valence electrons. The highest BCUT2D eigenvalue weighted by atomic mass is 35.5. The van der Waals surface area contributed by atoms with Crippen LogP contribution in [0.3, 0.4) is 0 Å². The molecular weight excluding hydrogens is 338 g/mol. The van der Waals surface area contributed by atoms with Crippen LogP contribution in [0.5, 0.6) is 0 Å². The first-order valence-electron chi connectivity index (χ1n) is 9.11. The van der Waals surface area contributed by atoms with E-state index in [4.69, 9.17) is 11.6 Å². The summed E-state index contributed by atoms with van der Waals surface area (Å²) in [5.41, 5.74) is 1.62. The van der Waals surface area contributed by atoms with Crippen molar-refractivity contribution in [1.29, 1.82) is 0 Å². The number of hydrogen-bond acceptors (Lipinski definition) is 3. The Labute approximate surface area is 154 Å². The number of nitrogens with one attached hydrogen (secondary N) is 2. The second-order valence-electron chi connectivity index (χ2n) is 7.11. The lowest BCUT2D eigenvalue weighted by atomic mass is 9.96. The summed E-state index contributed by atoms with van der Waals surface area (Å²) in [6, 6.07) is 5.35. The molecule has 6 heteroatoms. The Kier molecular flexibility index (Phi) is 5.97. The zero-order valence-corrected chi connectivity index (χ0v) is 15.4. The Morgan fingerprint density at radius 2 is 2.16 bits per heavy atom. The third-order valence-corrected chi connectivity index (χ3v) is 5.40. The molecule has 0 bridgehead atoms. The van der Waals surface area contributed by atoms with E-state index < -0.39 is 0 Å². The Morgan fingerprint density at radius 3 is 2.88 bits per heavy atom. The second kappa shape index (κ2) is 8.19. The summed E-state index contributed by atoms with van der Waals surface area (Å²) in [5.74, 6) is 0.466. The van der Waals surface area contributed by atoms with E-state index >= 15 is 0 Å². The number of nitrogens with zero attached hydrogens (tertiary/aromatic N) is 1. The summed E-state index contributed by atoms with van der Waals surface area (Å²) >= 11 is 5.99. The van der Waals surface area contributed by atoms with E-state index in [0.29, 0.717) is 29.6 Å². The van der Waals surface area contributed by atoms with Gasteiger partial charge < -0.3 is 15.5 Å². The molecule has 2 unspecified atom stereocenters. The fourth-order valence-electron chi connectivity index (χ4n) is 3.73. The van der Waals surface area contributed by atoms with Gasteiger partial charge in [-0.3, -0.25) is 9.59 Å². The summed E-state index contributed by atoms with van der Waals surface area (Å²) in [7, 11) is 0. The number of likely N-dealkylation sites (tertiary alicyclic amines) is 1. The van der Waals surface area contributed by atoms with Gasteiger partial charge in [0.2, 0.25) is 5.91 Å². The van der Waals surface area contributed by atoms with Crippen molar-refractivity contribution in [1.82, 2.24) is 15.5 Å². The van der Waals surface area contributed by atoms with Crippen LogP contribution in [-0.4, -0.2) is 48.9 Å². The van der Waals surface area contributed by atoms with Gasteiger partial charge in [0.15, 0.2) is 0 Å². The molecule has 3 rings (SSSR count). The van der Waals surface area contributed by atoms with Crippen LogP contribution in [0, 0.1) is 12.8 Å². The van der Waals surface area contributed by atoms with Crippen LogP contribution < -0.4 is 10.6 Å². The molecule has 2 aliphatic rings. The number of carbonyl (C=O) groups is 2. The second-order valence-corrected chi connectivity index (χ2v) is 7.55. The van der Waals surface area contributed by atoms with Crippen molar-refractivity contribution in [2.75, 3.05) is 26.2 Å². The zero-order chi connectivity index (χ0) is 17.8. The van der Waals surface area contributed by atoms with Gasteiger partial charge in [0, 0.05) is 30.2 Å². The van der Waals surface area contributed by atoms with E-state index in [1.54, 1.807) is 12.1 Å². The maximum absolute atomic E-state index is 12.8. The minimum absolute atomic E-state index is 0.0435. The van der Waals surface area contributed by atoms with Gasteiger partial charge in [0.25, 0.3) is 5.91 Å². The number of carbonyl (C=O) groups excluding carboxylic acids is 2. The molecule has 2 heterocycles. The molecule has 1 aromatic carbocycles. The minimum Gasteiger partial charge on any atom is -0.354 e. The predicted molar refractivity (Wildman–Crippen MR) is 98.9 cm³/mol. The smallest absolute Gasteiger partial charge is 0.254 e. The molecule has 0 saturated carbocycles. The van der Waals surface area contributed by atoms with Crippen LogP contribution in [0.15, 0.2) is 18.2 Å². The zero-order valence-electron chi connectivity index (χ0n) is 14.7. The highest BCUT2D eigenvalue weighted by Crippen LogP contribution is 2.21. The number of halogens is 1. The lowest BCUT2D eigenvalue weighted by Gasteiger charge is -2.33. The van der Waals surface area contributed by atoms with Gasteiger partial charge in [-0.1, -0.05) is 11.6 Å².